The molecule has 1 aliphatic carbocycles. The van der Waals surface area contributed by atoms with Crippen LogP contribution in [0.5, 0.6) is 0 Å². The van der Waals surface area contributed by atoms with E-state index in [1.807, 2.05) is 6.92 Å². The van der Waals surface area contributed by atoms with Crippen LogP contribution >= 0.6 is 0 Å². The lowest BCUT2D eigenvalue weighted by Gasteiger charge is -2.26. The molecule has 0 aliphatic heterocycles. The Bertz CT molecular complexity index is 263. The number of hydrogen-bond donors (Lipinski definition) is 2. The summed E-state index contributed by atoms with van der Waals surface area (Å²) in [6.07, 6.45) is 4.32. The van der Waals surface area contributed by atoms with E-state index in [1.165, 1.54) is 12.8 Å². The van der Waals surface area contributed by atoms with Crippen LogP contribution in [0.2, 0.25) is 0 Å². The van der Waals surface area contributed by atoms with Gasteiger partial charge < -0.3 is 10.6 Å². The molecule has 2 unspecified atom stereocenters. The fraction of sp³-hybridized carbons (Fsp3) is 0.769. The molecule has 0 radical (unpaired) electrons. The van der Waals surface area contributed by atoms with Gasteiger partial charge >= 0.3 is 0 Å². The number of likely N-dealkylation sites (N-methyl/N-ethyl adjacent to an activating group) is 1. The van der Waals surface area contributed by atoms with Crippen LogP contribution in [0.4, 0.5) is 0 Å². The molecule has 4 nitrogen and oxygen atoms in total. The average Bonchev–Trinajstić information content (AvgIpc) is 3.15. The summed E-state index contributed by atoms with van der Waals surface area (Å²) < 4.78 is 0. The molecular weight excluding hydrogens is 214 g/mol. The van der Waals surface area contributed by atoms with Crippen molar-refractivity contribution in [2.75, 3.05) is 20.1 Å². The van der Waals surface area contributed by atoms with Crippen molar-refractivity contribution in [3.63, 3.8) is 0 Å². The number of carbonyl (C=O) groups excluding carboxylic acids is 1. The number of carbonyl (C=O) groups is 1. The molecule has 1 saturated carbocycles. The third-order valence-corrected chi connectivity index (χ3v) is 3.35. The van der Waals surface area contributed by atoms with Crippen LogP contribution in [0.1, 0.15) is 26.7 Å². The molecule has 1 fully saturated rings. The summed E-state index contributed by atoms with van der Waals surface area (Å²) in [5.74, 6) is 0.0335. The Balaban J connectivity index is 2.19. The third-order valence-electron chi connectivity index (χ3n) is 3.35. The Labute approximate surface area is 104 Å². The maximum Gasteiger partial charge on any atom is 0.237 e. The molecule has 98 valence electrons. The third kappa shape index (κ3) is 4.88. The van der Waals surface area contributed by atoms with Gasteiger partial charge in [0.2, 0.25) is 5.91 Å². The van der Waals surface area contributed by atoms with Crippen LogP contribution in [-0.4, -0.2) is 49.1 Å². The monoisotopic (exact) mass is 239 g/mol. The van der Waals surface area contributed by atoms with Crippen molar-refractivity contribution in [3.8, 4) is 0 Å². The van der Waals surface area contributed by atoms with E-state index in [1.54, 1.807) is 6.08 Å². The quantitative estimate of drug-likeness (QED) is 0.614. The van der Waals surface area contributed by atoms with Gasteiger partial charge in [-0.2, -0.15) is 0 Å². The van der Waals surface area contributed by atoms with Gasteiger partial charge in [-0.1, -0.05) is 6.08 Å². The Morgan fingerprint density at radius 2 is 2.18 bits per heavy atom. The van der Waals surface area contributed by atoms with Crippen molar-refractivity contribution in [3.05, 3.63) is 12.7 Å². The molecule has 4 heteroatoms. The molecule has 0 spiro atoms. The first-order valence-electron chi connectivity index (χ1n) is 6.40. The first-order valence-corrected chi connectivity index (χ1v) is 6.40. The van der Waals surface area contributed by atoms with Crippen LogP contribution < -0.4 is 10.6 Å². The van der Waals surface area contributed by atoms with Gasteiger partial charge in [0.1, 0.15) is 0 Å². The average molecular weight is 239 g/mol. The number of nitrogens with zero attached hydrogens (tertiary/aromatic N) is 1. The van der Waals surface area contributed by atoms with Crippen molar-refractivity contribution in [1.82, 2.24) is 15.5 Å². The summed E-state index contributed by atoms with van der Waals surface area (Å²) in [6, 6.07) is 1.08. The van der Waals surface area contributed by atoms with Crippen LogP contribution in [0.3, 0.4) is 0 Å². The van der Waals surface area contributed by atoms with E-state index >= 15 is 0 Å². The van der Waals surface area contributed by atoms with Gasteiger partial charge in [0.05, 0.1) is 6.04 Å². The lowest BCUT2D eigenvalue weighted by atomic mass is 10.2. The van der Waals surface area contributed by atoms with Crippen molar-refractivity contribution in [1.29, 1.82) is 0 Å². The molecule has 0 saturated heterocycles. The molecule has 0 heterocycles. The molecular formula is C13H25N3O. The highest BCUT2D eigenvalue weighted by Gasteiger charge is 2.29. The molecule has 1 aliphatic rings. The van der Waals surface area contributed by atoms with Gasteiger partial charge in [-0.3, -0.25) is 9.69 Å². The van der Waals surface area contributed by atoms with Crippen LogP contribution in [-0.2, 0) is 4.79 Å². The van der Waals surface area contributed by atoms with Gasteiger partial charge in [0.15, 0.2) is 0 Å². The van der Waals surface area contributed by atoms with Gasteiger partial charge in [-0.05, 0) is 33.7 Å². The minimum Gasteiger partial charge on any atom is -0.351 e. The number of rotatable bonds is 8. The Morgan fingerprint density at radius 1 is 1.53 bits per heavy atom. The van der Waals surface area contributed by atoms with Gasteiger partial charge in [0.25, 0.3) is 0 Å². The zero-order chi connectivity index (χ0) is 12.8. The highest BCUT2D eigenvalue weighted by molar-refractivity contribution is 5.81. The predicted molar refractivity (Wildman–Crippen MR) is 70.9 cm³/mol. The number of amides is 1. The number of hydrogen-bond acceptors (Lipinski definition) is 3. The smallest absolute Gasteiger partial charge is 0.237 e. The topological polar surface area (TPSA) is 44.4 Å². The standard InChI is InChI=1S/C13H25N3O/c1-5-8-14-13(17)11(3)15-9-10(2)16(4)12-6-7-12/h5,10-12,15H,1,6-9H2,2-4H3,(H,14,17). The molecule has 2 N–H and O–H groups in total. The second-order valence-electron chi connectivity index (χ2n) is 4.91. The maximum atomic E-state index is 11.6. The first-order chi connectivity index (χ1) is 8.06. The maximum absolute atomic E-state index is 11.6. The van der Waals surface area contributed by atoms with Crippen LogP contribution in [0, 0.1) is 0 Å². The molecule has 1 amide bonds. The largest absolute Gasteiger partial charge is 0.351 e. The predicted octanol–water partition coefficient (Wildman–Crippen LogP) is 0.749. The lowest BCUT2D eigenvalue weighted by Crippen LogP contribution is -2.47. The summed E-state index contributed by atoms with van der Waals surface area (Å²) in [5, 5.41) is 6.05. The molecule has 17 heavy (non-hydrogen) atoms. The van der Waals surface area contributed by atoms with Gasteiger partial charge in [0, 0.05) is 25.2 Å². The van der Waals surface area contributed by atoms with Crippen LogP contribution in [0.15, 0.2) is 12.7 Å². The fourth-order valence-electron chi connectivity index (χ4n) is 1.75. The fourth-order valence-corrected chi connectivity index (χ4v) is 1.75. The molecule has 1 rings (SSSR count). The Kier molecular flexibility index (Phi) is 5.65. The SMILES string of the molecule is C=CCNC(=O)C(C)NCC(C)N(C)C1CC1. The number of nitrogens with one attached hydrogen (secondary N) is 2. The van der Waals surface area contributed by atoms with E-state index in [2.05, 4.69) is 36.1 Å². The van der Waals surface area contributed by atoms with E-state index in [4.69, 9.17) is 0 Å². The molecule has 2 atom stereocenters. The second kappa shape index (κ2) is 6.77. The van der Waals surface area contributed by atoms with E-state index in [0.29, 0.717) is 12.6 Å². The van der Waals surface area contributed by atoms with E-state index < -0.39 is 0 Å². The first kappa shape index (κ1) is 14.2. The van der Waals surface area contributed by atoms with Crippen molar-refractivity contribution in [2.45, 2.75) is 44.8 Å². The lowest BCUT2D eigenvalue weighted by molar-refractivity contribution is -0.122. The van der Waals surface area contributed by atoms with Crippen molar-refractivity contribution in [2.24, 2.45) is 0 Å². The molecule has 0 bridgehead atoms. The van der Waals surface area contributed by atoms with Crippen LogP contribution in [0.25, 0.3) is 0 Å². The summed E-state index contributed by atoms with van der Waals surface area (Å²) in [5.41, 5.74) is 0. The Morgan fingerprint density at radius 3 is 2.71 bits per heavy atom. The minimum absolute atomic E-state index is 0.0335. The Hall–Kier alpha value is -0.870. The zero-order valence-corrected chi connectivity index (χ0v) is 11.2. The van der Waals surface area contributed by atoms with E-state index in [-0.39, 0.29) is 11.9 Å². The molecule has 0 aromatic rings. The van der Waals surface area contributed by atoms with Gasteiger partial charge in [-0.25, -0.2) is 0 Å². The molecule has 0 aromatic carbocycles. The van der Waals surface area contributed by atoms with E-state index in [0.717, 1.165) is 12.6 Å². The second-order valence-corrected chi connectivity index (χ2v) is 4.91. The van der Waals surface area contributed by atoms with Crippen molar-refractivity contribution >= 4 is 5.91 Å². The van der Waals surface area contributed by atoms with Gasteiger partial charge in [-0.15, -0.1) is 6.58 Å². The minimum atomic E-state index is -0.148. The zero-order valence-electron chi connectivity index (χ0n) is 11.2. The molecule has 0 aromatic heterocycles. The van der Waals surface area contributed by atoms with E-state index in [9.17, 15) is 4.79 Å². The highest BCUT2D eigenvalue weighted by atomic mass is 16.2. The van der Waals surface area contributed by atoms with Crippen molar-refractivity contribution < 1.29 is 4.79 Å². The highest BCUT2D eigenvalue weighted by Crippen LogP contribution is 2.26. The summed E-state index contributed by atoms with van der Waals surface area (Å²) in [4.78, 5) is 14.0. The summed E-state index contributed by atoms with van der Waals surface area (Å²) in [6.45, 7) is 9.03. The normalized spacial score (nSPS) is 18.8. The summed E-state index contributed by atoms with van der Waals surface area (Å²) in [7, 11) is 2.16. The summed E-state index contributed by atoms with van der Waals surface area (Å²) >= 11 is 0.